The average molecular weight is 294 g/mol. The van der Waals surface area contributed by atoms with E-state index in [0.717, 1.165) is 13.0 Å². The summed E-state index contributed by atoms with van der Waals surface area (Å²) < 4.78 is 1.40. The number of benzene rings is 1. The van der Waals surface area contributed by atoms with Gasteiger partial charge in [-0.1, -0.05) is 18.2 Å². The van der Waals surface area contributed by atoms with Crippen molar-refractivity contribution < 1.29 is 0 Å². The molecule has 3 rings (SSSR count). The third kappa shape index (κ3) is 2.96. The molecule has 1 nitrogen and oxygen atoms in total. The highest BCUT2D eigenvalue weighted by Gasteiger charge is 2.26. The van der Waals surface area contributed by atoms with Crippen LogP contribution in [0.4, 0.5) is 0 Å². The zero-order chi connectivity index (χ0) is 13.2. The first-order valence-electron chi connectivity index (χ1n) is 7.07. The Morgan fingerprint density at radius 1 is 1.42 bits per heavy atom. The van der Waals surface area contributed by atoms with Gasteiger partial charge in [0, 0.05) is 22.7 Å². The molecule has 1 aliphatic heterocycles. The van der Waals surface area contributed by atoms with Gasteiger partial charge in [0.1, 0.15) is 0 Å². The van der Waals surface area contributed by atoms with Gasteiger partial charge in [-0.15, -0.1) is 22.9 Å². The van der Waals surface area contributed by atoms with Gasteiger partial charge < -0.3 is 0 Å². The van der Waals surface area contributed by atoms with Crippen LogP contribution in [0.15, 0.2) is 29.6 Å². The monoisotopic (exact) mass is 293 g/mol. The number of fused-ring (bicyclic) bond motifs is 1. The Kier molecular flexibility index (Phi) is 4.11. The molecule has 1 aromatic carbocycles. The minimum Gasteiger partial charge on any atom is -0.296 e. The van der Waals surface area contributed by atoms with Gasteiger partial charge in [0.2, 0.25) is 0 Å². The molecule has 1 fully saturated rings. The van der Waals surface area contributed by atoms with Crippen molar-refractivity contribution >= 4 is 33.0 Å². The molecule has 2 heterocycles. The molecule has 0 spiro atoms. The molecule has 19 heavy (non-hydrogen) atoms. The molecule has 0 bridgehead atoms. The number of alkyl halides is 1. The van der Waals surface area contributed by atoms with Crippen molar-refractivity contribution in [1.82, 2.24) is 4.90 Å². The molecule has 0 N–H and O–H groups in total. The third-order valence-corrected chi connectivity index (χ3v) is 5.22. The minimum absolute atomic E-state index is 0.282. The van der Waals surface area contributed by atoms with Gasteiger partial charge in [-0.05, 0) is 55.1 Å². The molecule has 0 aliphatic carbocycles. The summed E-state index contributed by atoms with van der Waals surface area (Å²) in [4.78, 5) is 2.62. The van der Waals surface area contributed by atoms with E-state index in [1.807, 2.05) is 11.3 Å². The van der Waals surface area contributed by atoms with Crippen molar-refractivity contribution in [2.24, 2.45) is 0 Å². The van der Waals surface area contributed by atoms with Crippen LogP contribution in [0.25, 0.3) is 10.1 Å². The fourth-order valence-electron chi connectivity index (χ4n) is 3.12. The Balaban J connectivity index is 1.77. The maximum Gasteiger partial charge on any atom is 0.0346 e. The molecular weight excluding hydrogens is 274 g/mol. The number of nitrogens with zero attached hydrogens (tertiary/aromatic N) is 1. The van der Waals surface area contributed by atoms with E-state index in [-0.39, 0.29) is 5.38 Å². The number of hydrogen-bond donors (Lipinski definition) is 0. The average Bonchev–Trinajstić information content (AvgIpc) is 2.98. The first-order valence-corrected chi connectivity index (χ1v) is 8.39. The highest BCUT2D eigenvalue weighted by molar-refractivity contribution is 7.17. The van der Waals surface area contributed by atoms with Crippen LogP contribution < -0.4 is 0 Å². The van der Waals surface area contributed by atoms with Crippen molar-refractivity contribution in [1.29, 1.82) is 0 Å². The number of thiophene rings is 1. The fourth-order valence-corrected chi connectivity index (χ4v) is 4.28. The lowest BCUT2D eigenvalue weighted by molar-refractivity contribution is 0.235. The maximum absolute atomic E-state index is 6.18. The first kappa shape index (κ1) is 13.4. The molecule has 0 radical (unpaired) electrons. The molecule has 2 atom stereocenters. The molecule has 1 aliphatic rings. The van der Waals surface area contributed by atoms with Crippen LogP contribution in [-0.2, 0) is 6.54 Å². The lowest BCUT2D eigenvalue weighted by Gasteiger charge is -2.25. The number of hydrogen-bond acceptors (Lipinski definition) is 2. The smallest absolute Gasteiger partial charge is 0.0346 e. The third-order valence-electron chi connectivity index (χ3n) is 4.03. The van der Waals surface area contributed by atoms with Gasteiger partial charge in [0.05, 0.1) is 0 Å². The van der Waals surface area contributed by atoms with Crippen molar-refractivity contribution in [3.63, 3.8) is 0 Å². The predicted octanol–water partition coefficient (Wildman–Crippen LogP) is 4.88. The molecule has 2 aromatic rings. The van der Waals surface area contributed by atoms with Gasteiger partial charge in [-0.25, -0.2) is 0 Å². The lowest BCUT2D eigenvalue weighted by Crippen LogP contribution is -2.30. The van der Waals surface area contributed by atoms with E-state index < -0.39 is 0 Å². The van der Waals surface area contributed by atoms with E-state index in [2.05, 4.69) is 41.5 Å². The summed E-state index contributed by atoms with van der Waals surface area (Å²) >= 11 is 8.04. The Labute approximate surface area is 124 Å². The van der Waals surface area contributed by atoms with Gasteiger partial charge in [0.15, 0.2) is 0 Å². The van der Waals surface area contributed by atoms with Crippen LogP contribution in [0.3, 0.4) is 0 Å². The standard InChI is InChI=1S/C16H20ClNS/c1-12(17)9-14-5-4-8-18(14)10-13-11-19-16-7-3-2-6-15(13)16/h2-3,6-7,11-12,14H,4-5,8-10H2,1H3. The summed E-state index contributed by atoms with van der Waals surface area (Å²) in [7, 11) is 0. The maximum atomic E-state index is 6.18. The highest BCUT2D eigenvalue weighted by atomic mass is 35.5. The Hall–Kier alpha value is -0.570. The summed E-state index contributed by atoms with van der Waals surface area (Å²) in [5, 5.41) is 4.03. The molecule has 0 amide bonds. The van der Waals surface area contributed by atoms with Crippen LogP contribution >= 0.6 is 22.9 Å². The second kappa shape index (κ2) is 5.82. The molecule has 2 unspecified atom stereocenters. The normalized spacial score (nSPS) is 22.1. The SMILES string of the molecule is CC(Cl)CC1CCCN1Cc1csc2ccccc12. The number of rotatable bonds is 4. The van der Waals surface area contributed by atoms with Gasteiger partial charge >= 0.3 is 0 Å². The van der Waals surface area contributed by atoms with E-state index in [1.54, 1.807) is 0 Å². The quantitative estimate of drug-likeness (QED) is 0.726. The van der Waals surface area contributed by atoms with Crippen molar-refractivity contribution in [2.75, 3.05) is 6.54 Å². The molecule has 3 heteroatoms. The molecule has 1 aromatic heterocycles. The summed E-state index contributed by atoms with van der Waals surface area (Å²) in [6.07, 6.45) is 3.74. The van der Waals surface area contributed by atoms with Gasteiger partial charge in [0.25, 0.3) is 0 Å². The second-order valence-corrected chi connectivity index (χ2v) is 7.20. The zero-order valence-electron chi connectivity index (χ0n) is 11.3. The topological polar surface area (TPSA) is 3.24 Å². The Bertz CT molecular complexity index is 548. The molecule has 1 saturated heterocycles. The Morgan fingerprint density at radius 2 is 2.26 bits per heavy atom. The zero-order valence-corrected chi connectivity index (χ0v) is 12.9. The van der Waals surface area contributed by atoms with Crippen molar-refractivity contribution in [3.8, 4) is 0 Å². The van der Waals surface area contributed by atoms with Crippen LogP contribution in [0, 0.1) is 0 Å². The van der Waals surface area contributed by atoms with Crippen LogP contribution in [0.2, 0.25) is 0 Å². The van der Waals surface area contributed by atoms with Crippen LogP contribution in [-0.4, -0.2) is 22.9 Å². The van der Waals surface area contributed by atoms with Gasteiger partial charge in [-0.2, -0.15) is 0 Å². The molecule has 102 valence electrons. The van der Waals surface area contributed by atoms with Crippen LogP contribution in [0.5, 0.6) is 0 Å². The summed E-state index contributed by atoms with van der Waals surface area (Å²) in [6.45, 7) is 4.41. The number of halogens is 1. The predicted molar refractivity (Wildman–Crippen MR) is 85.2 cm³/mol. The van der Waals surface area contributed by atoms with E-state index >= 15 is 0 Å². The van der Waals surface area contributed by atoms with E-state index in [9.17, 15) is 0 Å². The summed E-state index contributed by atoms with van der Waals surface area (Å²) in [5.74, 6) is 0. The first-order chi connectivity index (χ1) is 9.24. The van der Waals surface area contributed by atoms with Crippen molar-refractivity contribution in [2.45, 2.75) is 44.1 Å². The van der Waals surface area contributed by atoms with Gasteiger partial charge in [-0.3, -0.25) is 4.90 Å². The van der Waals surface area contributed by atoms with E-state index in [1.165, 1.54) is 35.0 Å². The highest BCUT2D eigenvalue weighted by Crippen LogP contribution is 2.30. The minimum atomic E-state index is 0.282. The van der Waals surface area contributed by atoms with E-state index in [0.29, 0.717) is 6.04 Å². The second-order valence-electron chi connectivity index (χ2n) is 5.54. The molecule has 0 saturated carbocycles. The van der Waals surface area contributed by atoms with E-state index in [4.69, 9.17) is 11.6 Å². The van der Waals surface area contributed by atoms with Crippen molar-refractivity contribution in [3.05, 3.63) is 35.2 Å². The lowest BCUT2D eigenvalue weighted by atomic mass is 10.1. The number of likely N-dealkylation sites (tertiary alicyclic amines) is 1. The Morgan fingerprint density at radius 3 is 3.11 bits per heavy atom. The summed E-state index contributed by atoms with van der Waals surface area (Å²) in [6, 6.07) is 9.39. The summed E-state index contributed by atoms with van der Waals surface area (Å²) in [5.41, 5.74) is 1.48. The van der Waals surface area contributed by atoms with Crippen LogP contribution in [0.1, 0.15) is 31.7 Å². The largest absolute Gasteiger partial charge is 0.296 e. The fraction of sp³-hybridized carbons (Fsp3) is 0.500. The molecular formula is C16H20ClNS.